The van der Waals surface area contributed by atoms with E-state index in [1.54, 1.807) is 7.05 Å². The highest BCUT2D eigenvalue weighted by atomic mass is 16.3. The van der Waals surface area contributed by atoms with E-state index >= 15 is 0 Å². The summed E-state index contributed by atoms with van der Waals surface area (Å²) >= 11 is 0. The largest absolute Gasteiger partial charge is 0.395 e. The van der Waals surface area contributed by atoms with Gasteiger partial charge in [-0.05, 0) is 6.20 Å². The second kappa shape index (κ2) is 4.81. The zero-order valence-electron chi connectivity index (χ0n) is 6.00. The molecule has 2 N–H and O–H groups in total. The minimum Gasteiger partial charge on any atom is -0.395 e. The maximum absolute atomic E-state index is 10.8. The van der Waals surface area contributed by atoms with Gasteiger partial charge in [0, 0.05) is 13.6 Å². The molecular formula is C6H12N2O2. The number of carbonyl (C=O) groups excluding carboxylic acids is 1. The Hall–Kier alpha value is -1.03. The fourth-order valence-corrected chi connectivity index (χ4v) is 0.449. The molecule has 4 nitrogen and oxygen atoms in total. The molecule has 0 aromatic rings. The van der Waals surface area contributed by atoms with Gasteiger partial charge in [0.1, 0.15) is 0 Å². The molecule has 4 heteroatoms. The fraction of sp³-hybridized carbons (Fsp3) is 0.500. The van der Waals surface area contributed by atoms with Crippen LogP contribution in [0.5, 0.6) is 0 Å². The first-order chi connectivity index (χ1) is 4.72. The Bertz CT molecular complexity index is 125. The Labute approximate surface area is 60.1 Å². The van der Waals surface area contributed by atoms with Crippen molar-refractivity contribution in [3.05, 3.63) is 12.8 Å². The molecule has 0 unspecified atom stereocenters. The number of nitrogens with one attached hydrogen (secondary N) is 1. The Morgan fingerprint density at radius 1 is 1.90 bits per heavy atom. The third-order valence-electron chi connectivity index (χ3n) is 1.01. The van der Waals surface area contributed by atoms with Crippen molar-refractivity contribution in [3.63, 3.8) is 0 Å². The molecule has 0 aromatic heterocycles. The molecule has 0 aliphatic carbocycles. The van der Waals surface area contributed by atoms with Crippen molar-refractivity contribution < 1.29 is 9.90 Å². The normalized spacial score (nSPS) is 8.60. The molecule has 58 valence electrons. The predicted octanol–water partition coefficient (Wildman–Crippen LogP) is -0.236. The molecule has 0 atom stereocenters. The second-order valence-electron chi connectivity index (χ2n) is 1.80. The molecule has 0 saturated carbocycles. The van der Waals surface area contributed by atoms with Gasteiger partial charge in [-0.1, -0.05) is 6.58 Å². The topological polar surface area (TPSA) is 52.6 Å². The smallest absolute Gasteiger partial charge is 0.321 e. The molecule has 2 amide bonds. The molecule has 0 fully saturated rings. The molecular weight excluding hydrogens is 132 g/mol. The van der Waals surface area contributed by atoms with Gasteiger partial charge in [0.05, 0.1) is 6.61 Å². The van der Waals surface area contributed by atoms with Crippen molar-refractivity contribution in [2.45, 2.75) is 0 Å². The lowest BCUT2D eigenvalue weighted by Gasteiger charge is -2.13. The van der Waals surface area contributed by atoms with E-state index in [4.69, 9.17) is 5.11 Å². The second-order valence-corrected chi connectivity index (χ2v) is 1.80. The summed E-state index contributed by atoms with van der Waals surface area (Å²) in [5.41, 5.74) is 0. The molecule has 0 aliphatic rings. The van der Waals surface area contributed by atoms with Gasteiger partial charge in [0.2, 0.25) is 0 Å². The van der Waals surface area contributed by atoms with Gasteiger partial charge in [0.15, 0.2) is 0 Å². The maximum Gasteiger partial charge on any atom is 0.321 e. The quantitative estimate of drug-likeness (QED) is 0.574. The van der Waals surface area contributed by atoms with Crippen LogP contribution in [0.1, 0.15) is 0 Å². The predicted molar refractivity (Wildman–Crippen MR) is 38.4 cm³/mol. The van der Waals surface area contributed by atoms with Crippen LogP contribution in [0.3, 0.4) is 0 Å². The van der Waals surface area contributed by atoms with E-state index < -0.39 is 0 Å². The Balaban J connectivity index is 3.58. The molecule has 10 heavy (non-hydrogen) atoms. The number of hydrogen-bond donors (Lipinski definition) is 2. The molecule has 0 rings (SSSR count). The molecule has 0 aliphatic heterocycles. The van der Waals surface area contributed by atoms with E-state index in [9.17, 15) is 4.79 Å². The van der Waals surface area contributed by atoms with E-state index in [-0.39, 0.29) is 12.6 Å². The number of hydrogen-bond acceptors (Lipinski definition) is 2. The van der Waals surface area contributed by atoms with Crippen LogP contribution in [-0.2, 0) is 0 Å². The minimum atomic E-state index is -0.260. The van der Waals surface area contributed by atoms with E-state index in [0.717, 1.165) is 0 Å². The highest BCUT2D eigenvalue weighted by molar-refractivity contribution is 5.74. The molecule has 0 saturated heterocycles. The van der Waals surface area contributed by atoms with Crippen LogP contribution in [0.25, 0.3) is 0 Å². The molecule has 0 radical (unpaired) electrons. The summed E-state index contributed by atoms with van der Waals surface area (Å²) in [6, 6.07) is -0.260. The van der Waals surface area contributed by atoms with Crippen molar-refractivity contribution >= 4 is 6.03 Å². The SMILES string of the molecule is C=CNC(=O)N(C)CCO. The van der Waals surface area contributed by atoms with Crippen LogP contribution in [-0.4, -0.2) is 36.2 Å². The summed E-state index contributed by atoms with van der Waals surface area (Å²) < 4.78 is 0. The number of amides is 2. The number of likely N-dealkylation sites (N-methyl/N-ethyl adjacent to an activating group) is 1. The van der Waals surface area contributed by atoms with Crippen molar-refractivity contribution in [1.29, 1.82) is 0 Å². The van der Waals surface area contributed by atoms with E-state index in [0.29, 0.717) is 6.54 Å². The number of urea groups is 1. The van der Waals surface area contributed by atoms with Crippen LogP contribution in [0.4, 0.5) is 4.79 Å². The highest BCUT2D eigenvalue weighted by Gasteiger charge is 2.02. The van der Waals surface area contributed by atoms with Crippen molar-refractivity contribution in [3.8, 4) is 0 Å². The standard InChI is InChI=1S/C6H12N2O2/c1-3-7-6(10)8(2)4-5-9/h3,9H,1,4-5H2,2H3,(H,7,10). The maximum atomic E-state index is 10.8. The third kappa shape index (κ3) is 3.09. The van der Waals surface area contributed by atoms with Gasteiger partial charge in [0.25, 0.3) is 0 Å². The van der Waals surface area contributed by atoms with Crippen LogP contribution >= 0.6 is 0 Å². The van der Waals surface area contributed by atoms with E-state index in [2.05, 4.69) is 11.9 Å². The zero-order valence-corrected chi connectivity index (χ0v) is 6.00. The first kappa shape index (κ1) is 8.97. The first-order valence-corrected chi connectivity index (χ1v) is 2.95. The van der Waals surface area contributed by atoms with Crippen LogP contribution in [0, 0.1) is 0 Å². The minimum absolute atomic E-state index is 0.0267. The summed E-state index contributed by atoms with van der Waals surface area (Å²) in [5.74, 6) is 0. The average molecular weight is 144 g/mol. The van der Waals surface area contributed by atoms with Crippen molar-refractivity contribution in [2.75, 3.05) is 20.2 Å². The molecule has 0 aromatic carbocycles. The van der Waals surface area contributed by atoms with Gasteiger partial charge in [-0.15, -0.1) is 0 Å². The first-order valence-electron chi connectivity index (χ1n) is 2.95. The van der Waals surface area contributed by atoms with E-state index in [1.165, 1.54) is 11.1 Å². The number of carbonyl (C=O) groups is 1. The Morgan fingerprint density at radius 3 is 2.90 bits per heavy atom. The van der Waals surface area contributed by atoms with Gasteiger partial charge < -0.3 is 15.3 Å². The van der Waals surface area contributed by atoms with Crippen LogP contribution in [0.2, 0.25) is 0 Å². The summed E-state index contributed by atoms with van der Waals surface area (Å²) in [6.07, 6.45) is 1.30. The fourth-order valence-electron chi connectivity index (χ4n) is 0.449. The van der Waals surface area contributed by atoms with E-state index in [1.807, 2.05) is 0 Å². The lowest BCUT2D eigenvalue weighted by Crippen LogP contribution is -2.35. The number of aliphatic hydroxyl groups is 1. The van der Waals surface area contributed by atoms with Crippen LogP contribution in [0.15, 0.2) is 12.8 Å². The van der Waals surface area contributed by atoms with Gasteiger partial charge in [-0.2, -0.15) is 0 Å². The summed E-state index contributed by atoms with van der Waals surface area (Å²) in [6.45, 7) is 3.63. The zero-order chi connectivity index (χ0) is 7.98. The van der Waals surface area contributed by atoms with Crippen LogP contribution < -0.4 is 5.32 Å². The van der Waals surface area contributed by atoms with Crippen molar-refractivity contribution in [1.82, 2.24) is 10.2 Å². The number of rotatable bonds is 3. The van der Waals surface area contributed by atoms with Gasteiger partial charge in [-0.25, -0.2) is 4.79 Å². The van der Waals surface area contributed by atoms with Gasteiger partial charge >= 0.3 is 6.03 Å². The highest BCUT2D eigenvalue weighted by Crippen LogP contribution is 1.81. The number of aliphatic hydroxyl groups excluding tert-OH is 1. The summed E-state index contributed by atoms with van der Waals surface area (Å²) in [7, 11) is 1.59. The van der Waals surface area contributed by atoms with Crippen molar-refractivity contribution in [2.24, 2.45) is 0 Å². The third-order valence-corrected chi connectivity index (χ3v) is 1.01. The molecule has 0 heterocycles. The monoisotopic (exact) mass is 144 g/mol. The summed E-state index contributed by atoms with van der Waals surface area (Å²) in [4.78, 5) is 12.1. The molecule has 0 bridgehead atoms. The average Bonchev–Trinajstić information content (AvgIpc) is 1.89. The Kier molecular flexibility index (Phi) is 4.32. The lowest BCUT2D eigenvalue weighted by molar-refractivity contribution is 0.194. The van der Waals surface area contributed by atoms with Gasteiger partial charge in [-0.3, -0.25) is 0 Å². The lowest BCUT2D eigenvalue weighted by atomic mass is 10.6. The molecule has 0 spiro atoms. The summed E-state index contributed by atoms with van der Waals surface area (Å²) in [5, 5.41) is 10.8. The Morgan fingerprint density at radius 2 is 2.50 bits per heavy atom. The number of nitrogens with zero attached hydrogens (tertiary/aromatic N) is 1.